The lowest BCUT2D eigenvalue weighted by Crippen LogP contribution is -2.39. The van der Waals surface area contributed by atoms with Crippen LogP contribution in [0, 0.1) is 16.0 Å². The van der Waals surface area contributed by atoms with Crippen LogP contribution in [0.5, 0.6) is 0 Å². The number of rotatable bonds is 8. The number of nitro benzene ring substituents is 1. The number of hydrogen-bond donors (Lipinski definition) is 1. The third kappa shape index (κ3) is 4.85. The third-order valence-electron chi connectivity index (χ3n) is 3.67. The van der Waals surface area contributed by atoms with Crippen molar-refractivity contribution in [3.8, 4) is 0 Å². The number of carbonyl (C=O) groups is 2. The van der Waals surface area contributed by atoms with Crippen LogP contribution in [0.3, 0.4) is 0 Å². The summed E-state index contributed by atoms with van der Waals surface area (Å²) in [6, 6.07) is 4.38. The Morgan fingerprint density at radius 2 is 2.17 bits per heavy atom. The molecule has 0 aromatic heterocycles. The van der Waals surface area contributed by atoms with Crippen LogP contribution in [0.15, 0.2) is 23.1 Å². The van der Waals surface area contributed by atoms with E-state index in [0.29, 0.717) is 4.90 Å². The summed E-state index contributed by atoms with van der Waals surface area (Å²) >= 11 is 6.83. The Balaban J connectivity index is 2.03. The van der Waals surface area contributed by atoms with Gasteiger partial charge in [-0.1, -0.05) is 18.5 Å². The molecule has 0 bridgehead atoms. The van der Waals surface area contributed by atoms with E-state index in [1.807, 2.05) is 0 Å². The fourth-order valence-corrected chi connectivity index (χ4v) is 3.25. The second-order valence-corrected chi connectivity index (χ2v) is 7.13. The van der Waals surface area contributed by atoms with E-state index in [-0.39, 0.29) is 35.0 Å². The highest BCUT2D eigenvalue weighted by Crippen LogP contribution is 2.33. The molecule has 0 saturated heterocycles. The maximum atomic E-state index is 12.4. The Kier molecular flexibility index (Phi) is 6.06. The minimum atomic E-state index is -0.950. The summed E-state index contributed by atoms with van der Waals surface area (Å²) in [5.74, 6) is -1.79. The molecule has 1 aromatic carbocycles. The van der Waals surface area contributed by atoms with Gasteiger partial charge >= 0.3 is 5.97 Å². The van der Waals surface area contributed by atoms with Crippen LogP contribution in [0.1, 0.15) is 19.8 Å². The van der Waals surface area contributed by atoms with Crippen molar-refractivity contribution in [2.45, 2.75) is 30.7 Å². The zero-order valence-electron chi connectivity index (χ0n) is 13.0. The van der Waals surface area contributed by atoms with Gasteiger partial charge in [-0.05, 0) is 25.0 Å². The number of carbonyl (C=O) groups excluding carboxylic acids is 1. The minimum absolute atomic E-state index is 0.0192. The normalized spacial score (nSPS) is 14.9. The van der Waals surface area contributed by atoms with Gasteiger partial charge in [0.1, 0.15) is 0 Å². The average Bonchev–Trinajstić information content (AvgIpc) is 3.35. The van der Waals surface area contributed by atoms with Gasteiger partial charge in [0.15, 0.2) is 0 Å². The molecule has 0 heterocycles. The molecule has 0 aliphatic heterocycles. The van der Waals surface area contributed by atoms with Gasteiger partial charge < -0.3 is 10.0 Å². The molecule has 0 radical (unpaired) electrons. The van der Waals surface area contributed by atoms with Crippen LogP contribution >= 0.6 is 23.4 Å². The molecule has 7 nitrogen and oxygen atoms in total. The second-order valence-electron chi connectivity index (χ2n) is 5.67. The van der Waals surface area contributed by atoms with Crippen molar-refractivity contribution in [3.05, 3.63) is 33.3 Å². The van der Waals surface area contributed by atoms with Gasteiger partial charge in [-0.2, -0.15) is 0 Å². The molecule has 1 aromatic rings. The summed E-state index contributed by atoms with van der Waals surface area (Å²) < 4.78 is 0. The summed E-state index contributed by atoms with van der Waals surface area (Å²) in [7, 11) is 0. The van der Waals surface area contributed by atoms with Crippen LogP contribution in [-0.4, -0.2) is 45.1 Å². The molecule has 9 heteroatoms. The highest BCUT2D eigenvalue weighted by atomic mass is 35.5. The number of carboxylic acids is 1. The Morgan fingerprint density at radius 1 is 1.50 bits per heavy atom. The number of amides is 1. The van der Waals surface area contributed by atoms with E-state index in [1.54, 1.807) is 11.8 Å². The molecule has 1 saturated carbocycles. The molecule has 1 amide bonds. The largest absolute Gasteiger partial charge is 0.481 e. The quantitative estimate of drug-likeness (QED) is 0.427. The Morgan fingerprint density at radius 3 is 2.71 bits per heavy atom. The lowest BCUT2D eigenvalue weighted by Gasteiger charge is -2.24. The molecule has 24 heavy (non-hydrogen) atoms. The molecular weight excluding hydrogens is 356 g/mol. The van der Waals surface area contributed by atoms with Gasteiger partial charge in [0.2, 0.25) is 5.91 Å². The predicted molar refractivity (Wildman–Crippen MR) is 90.4 cm³/mol. The van der Waals surface area contributed by atoms with Crippen molar-refractivity contribution < 1.29 is 19.6 Å². The van der Waals surface area contributed by atoms with Crippen LogP contribution in [0.4, 0.5) is 5.69 Å². The number of carboxylic acid groups (broad SMARTS) is 1. The average molecular weight is 373 g/mol. The third-order valence-corrected chi connectivity index (χ3v) is 4.95. The maximum Gasteiger partial charge on any atom is 0.308 e. The molecule has 2 rings (SSSR count). The summed E-state index contributed by atoms with van der Waals surface area (Å²) in [5, 5.41) is 20.3. The molecular formula is C15H17ClN2O5S. The maximum absolute atomic E-state index is 12.4. The fourth-order valence-electron chi connectivity index (χ4n) is 2.19. The Bertz CT molecular complexity index is 665. The van der Waals surface area contributed by atoms with Crippen molar-refractivity contribution in [3.63, 3.8) is 0 Å². The van der Waals surface area contributed by atoms with E-state index in [1.165, 1.54) is 18.2 Å². The smallest absolute Gasteiger partial charge is 0.308 e. The SMILES string of the molecule is CC(CN(C(=O)CSc1ccc(Cl)cc1[N+](=O)[O-])C1CC1)C(=O)O. The number of nitro groups is 1. The zero-order valence-corrected chi connectivity index (χ0v) is 14.5. The summed E-state index contributed by atoms with van der Waals surface area (Å²) in [6.45, 7) is 1.71. The lowest BCUT2D eigenvalue weighted by atomic mass is 10.1. The monoisotopic (exact) mass is 372 g/mol. The van der Waals surface area contributed by atoms with Crippen molar-refractivity contribution >= 4 is 40.9 Å². The molecule has 1 fully saturated rings. The summed E-state index contributed by atoms with van der Waals surface area (Å²) in [5.41, 5.74) is -0.142. The van der Waals surface area contributed by atoms with E-state index in [0.717, 1.165) is 24.6 Å². The van der Waals surface area contributed by atoms with Crippen molar-refractivity contribution in [2.75, 3.05) is 12.3 Å². The van der Waals surface area contributed by atoms with Crippen LogP contribution in [0.2, 0.25) is 5.02 Å². The standard InChI is InChI=1S/C15H17ClN2O5S/c1-9(15(20)21)7-17(11-3-4-11)14(19)8-24-13-5-2-10(16)6-12(13)18(22)23/h2,5-6,9,11H,3-4,7-8H2,1H3,(H,20,21). The van der Waals surface area contributed by atoms with Crippen molar-refractivity contribution in [1.29, 1.82) is 0 Å². The topological polar surface area (TPSA) is 101 Å². The van der Waals surface area contributed by atoms with Gasteiger partial charge in [-0.25, -0.2) is 0 Å². The Hall–Kier alpha value is -1.80. The molecule has 1 N–H and O–H groups in total. The van der Waals surface area contributed by atoms with Crippen molar-refractivity contribution in [1.82, 2.24) is 4.90 Å². The number of nitrogens with zero attached hydrogens (tertiary/aromatic N) is 2. The van der Waals surface area contributed by atoms with Gasteiger partial charge in [-0.15, -0.1) is 11.8 Å². The van der Waals surface area contributed by atoms with E-state index >= 15 is 0 Å². The molecule has 1 atom stereocenters. The lowest BCUT2D eigenvalue weighted by molar-refractivity contribution is -0.387. The van der Waals surface area contributed by atoms with Gasteiger partial charge in [0, 0.05) is 23.7 Å². The fraction of sp³-hybridized carbons (Fsp3) is 0.467. The molecule has 0 spiro atoms. The number of benzene rings is 1. The van der Waals surface area contributed by atoms with Crippen molar-refractivity contribution in [2.24, 2.45) is 5.92 Å². The first-order valence-corrected chi connectivity index (χ1v) is 8.75. The first-order valence-electron chi connectivity index (χ1n) is 7.38. The van der Waals surface area contributed by atoms with Crippen LogP contribution in [-0.2, 0) is 9.59 Å². The highest BCUT2D eigenvalue weighted by molar-refractivity contribution is 8.00. The summed E-state index contributed by atoms with van der Waals surface area (Å²) in [4.78, 5) is 35.9. The number of halogens is 1. The van der Waals surface area contributed by atoms with Crippen LogP contribution in [0.25, 0.3) is 0 Å². The number of thioether (sulfide) groups is 1. The van der Waals surface area contributed by atoms with E-state index in [4.69, 9.17) is 16.7 Å². The molecule has 1 aliphatic rings. The molecule has 130 valence electrons. The zero-order chi connectivity index (χ0) is 17.9. The summed E-state index contributed by atoms with van der Waals surface area (Å²) in [6.07, 6.45) is 1.73. The minimum Gasteiger partial charge on any atom is -0.481 e. The van der Waals surface area contributed by atoms with E-state index in [2.05, 4.69) is 0 Å². The van der Waals surface area contributed by atoms with E-state index < -0.39 is 16.8 Å². The number of aliphatic carboxylic acids is 1. The first-order chi connectivity index (χ1) is 11.3. The predicted octanol–water partition coefficient (Wildman–Crippen LogP) is 3.05. The van der Waals surface area contributed by atoms with Crippen LogP contribution < -0.4 is 0 Å². The van der Waals surface area contributed by atoms with Gasteiger partial charge in [0.05, 0.1) is 21.5 Å². The molecule has 1 unspecified atom stereocenters. The van der Waals surface area contributed by atoms with Gasteiger partial charge in [0.25, 0.3) is 5.69 Å². The first kappa shape index (κ1) is 18.5. The van der Waals surface area contributed by atoms with Gasteiger partial charge in [-0.3, -0.25) is 19.7 Å². The highest BCUT2D eigenvalue weighted by Gasteiger charge is 2.34. The second kappa shape index (κ2) is 7.85. The van der Waals surface area contributed by atoms with E-state index in [9.17, 15) is 19.7 Å². The molecule has 1 aliphatic carbocycles. The number of hydrogen-bond acceptors (Lipinski definition) is 5. The Labute approximate surface area is 148 Å².